The van der Waals surface area contributed by atoms with Crippen molar-refractivity contribution >= 4 is 29.3 Å². The Morgan fingerprint density at radius 3 is 2.42 bits per heavy atom. The van der Waals surface area contributed by atoms with Gasteiger partial charge >= 0.3 is 0 Å². The predicted molar refractivity (Wildman–Crippen MR) is 96.0 cm³/mol. The second-order valence-corrected chi connectivity index (χ2v) is 6.60. The Balaban J connectivity index is 1.72. The molecule has 0 aliphatic rings. The third-order valence-electron chi connectivity index (χ3n) is 3.54. The zero-order valence-corrected chi connectivity index (χ0v) is 14.5. The van der Waals surface area contributed by atoms with Crippen LogP contribution in [0.1, 0.15) is 15.9 Å². The van der Waals surface area contributed by atoms with Crippen molar-refractivity contribution in [2.75, 3.05) is 0 Å². The number of carbonyl (C=O) groups excluding carboxylic acids is 1. The van der Waals surface area contributed by atoms with Crippen LogP contribution in [0.3, 0.4) is 0 Å². The number of hydrogen-bond acceptors (Lipinski definition) is 4. The third kappa shape index (κ3) is 3.60. The number of halogens is 1. The van der Waals surface area contributed by atoms with Crippen LogP contribution in [0.4, 0.5) is 0 Å². The lowest BCUT2D eigenvalue weighted by Crippen LogP contribution is -2.10. The van der Waals surface area contributed by atoms with Gasteiger partial charge in [0.2, 0.25) is 5.91 Å². The van der Waals surface area contributed by atoms with E-state index in [9.17, 15) is 4.79 Å². The summed E-state index contributed by atoms with van der Waals surface area (Å²) in [5.41, 5.74) is 7.80. The minimum Gasteiger partial charge on any atom is -0.366 e. The van der Waals surface area contributed by atoms with Crippen LogP contribution in [0.5, 0.6) is 0 Å². The van der Waals surface area contributed by atoms with Gasteiger partial charge in [-0.2, -0.15) is 0 Å². The van der Waals surface area contributed by atoms with E-state index in [2.05, 4.69) is 10.2 Å². The minimum absolute atomic E-state index is 0.421. The van der Waals surface area contributed by atoms with E-state index in [0.29, 0.717) is 10.6 Å². The molecule has 0 spiro atoms. The number of nitrogens with zero attached hydrogens (tertiary/aromatic N) is 3. The summed E-state index contributed by atoms with van der Waals surface area (Å²) < 4.78 is 1.95. The van der Waals surface area contributed by atoms with E-state index in [4.69, 9.17) is 17.3 Å². The molecule has 7 heteroatoms. The van der Waals surface area contributed by atoms with Crippen molar-refractivity contribution in [1.29, 1.82) is 0 Å². The number of amides is 1. The average Bonchev–Trinajstić information content (AvgIpc) is 2.95. The monoisotopic (exact) mass is 358 g/mol. The Kier molecular flexibility index (Phi) is 4.87. The van der Waals surface area contributed by atoms with Gasteiger partial charge in [-0.3, -0.25) is 4.79 Å². The summed E-state index contributed by atoms with van der Waals surface area (Å²) in [7, 11) is 1.93. The second-order valence-electron chi connectivity index (χ2n) is 5.22. The molecule has 2 aromatic carbocycles. The lowest BCUT2D eigenvalue weighted by molar-refractivity contribution is 0.100. The molecule has 24 heavy (non-hydrogen) atoms. The Labute approximate surface area is 148 Å². The quantitative estimate of drug-likeness (QED) is 0.708. The fraction of sp³-hybridized carbons (Fsp3) is 0.118. The highest BCUT2D eigenvalue weighted by molar-refractivity contribution is 7.98. The maximum Gasteiger partial charge on any atom is 0.248 e. The molecule has 5 nitrogen and oxygen atoms in total. The van der Waals surface area contributed by atoms with Crippen molar-refractivity contribution in [3.63, 3.8) is 0 Å². The topological polar surface area (TPSA) is 73.8 Å². The molecule has 3 rings (SSSR count). The molecule has 0 aliphatic carbocycles. The molecule has 0 aliphatic heterocycles. The molecule has 1 aromatic heterocycles. The van der Waals surface area contributed by atoms with Crippen LogP contribution in [0.25, 0.3) is 11.4 Å². The molecule has 122 valence electrons. The average molecular weight is 359 g/mol. The zero-order valence-electron chi connectivity index (χ0n) is 12.9. The molecule has 0 saturated heterocycles. The number of aromatic nitrogens is 3. The standard InChI is InChI=1S/C17H15ClN4OS/c1-22-16(13-6-8-14(18)9-7-13)20-21-17(22)24-10-11-2-4-12(5-3-11)15(19)23/h2-9H,10H2,1H3,(H2,19,23). The van der Waals surface area contributed by atoms with Gasteiger partial charge in [-0.25, -0.2) is 0 Å². The van der Waals surface area contributed by atoms with Gasteiger partial charge in [0.1, 0.15) is 0 Å². The molecule has 1 amide bonds. The van der Waals surface area contributed by atoms with Crippen LogP contribution < -0.4 is 5.73 Å². The van der Waals surface area contributed by atoms with E-state index in [1.54, 1.807) is 23.9 Å². The van der Waals surface area contributed by atoms with E-state index >= 15 is 0 Å². The molecule has 0 fully saturated rings. The van der Waals surface area contributed by atoms with Gasteiger partial charge in [0, 0.05) is 29.0 Å². The molecule has 0 atom stereocenters. The smallest absolute Gasteiger partial charge is 0.248 e. The number of nitrogens with two attached hydrogens (primary N) is 1. The molecular weight excluding hydrogens is 344 g/mol. The van der Waals surface area contributed by atoms with Gasteiger partial charge < -0.3 is 10.3 Å². The molecule has 3 aromatic rings. The highest BCUT2D eigenvalue weighted by Crippen LogP contribution is 2.26. The summed E-state index contributed by atoms with van der Waals surface area (Å²) in [4.78, 5) is 11.1. The first kappa shape index (κ1) is 16.5. The van der Waals surface area contributed by atoms with Gasteiger partial charge in [0.05, 0.1) is 0 Å². The fourth-order valence-corrected chi connectivity index (χ4v) is 3.20. The van der Waals surface area contributed by atoms with Crippen molar-refractivity contribution in [2.45, 2.75) is 10.9 Å². The first-order valence-electron chi connectivity index (χ1n) is 7.21. The molecule has 2 N–H and O–H groups in total. The van der Waals surface area contributed by atoms with E-state index in [1.807, 2.05) is 48.0 Å². The summed E-state index contributed by atoms with van der Waals surface area (Å²) in [6.45, 7) is 0. The van der Waals surface area contributed by atoms with Crippen molar-refractivity contribution in [2.24, 2.45) is 12.8 Å². The normalized spacial score (nSPS) is 10.8. The molecule has 0 bridgehead atoms. The van der Waals surface area contributed by atoms with Crippen molar-refractivity contribution in [3.8, 4) is 11.4 Å². The van der Waals surface area contributed by atoms with Crippen molar-refractivity contribution < 1.29 is 4.79 Å². The number of primary amides is 1. The summed E-state index contributed by atoms with van der Waals surface area (Å²) >= 11 is 7.50. The maximum absolute atomic E-state index is 11.1. The first-order valence-corrected chi connectivity index (χ1v) is 8.58. The summed E-state index contributed by atoms with van der Waals surface area (Å²) in [5, 5.41) is 10.0. The first-order chi connectivity index (χ1) is 11.5. The third-order valence-corrected chi connectivity index (χ3v) is 4.89. The highest BCUT2D eigenvalue weighted by Gasteiger charge is 2.11. The summed E-state index contributed by atoms with van der Waals surface area (Å²) in [6.07, 6.45) is 0. The van der Waals surface area contributed by atoms with Crippen LogP contribution in [0.15, 0.2) is 53.7 Å². The molecular formula is C17H15ClN4OS. The molecule has 0 radical (unpaired) electrons. The van der Waals surface area contributed by atoms with Gasteiger partial charge in [-0.1, -0.05) is 35.5 Å². The lowest BCUT2D eigenvalue weighted by atomic mass is 10.1. The van der Waals surface area contributed by atoms with E-state index < -0.39 is 5.91 Å². The van der Waals surface area contributed by atoms with Crippen molar-refractivity contribution in [1.82, 2.24) is 14.8 Å². The van der Waals surface area contributed by atoms with Crippen LogP contribution in [-0.4, -0.2) is 20.7 Å². The van der Waals surface area contributed by atoms with E-state index in [-0.39, 0.29) is 0 Å². The van der Waals surface area contributed by atoms with Crippen LogP contribution in [0, 0.1) is 0 Å². The number of carbonyl (C=O) groups is 1. The van der Waals surface area contributed by atoms with Crippen molar-refractivity contribution in [3.05, 3.63) is 64.7 Å². The zero-order chi connectivity index (χ0) is 17.1. The van der Waals surface area contributed by atoms with Gasteiger partial charge in [-0.15, -0.1) is 10.2 Å². The number of benzene rings is 2. The fourth-order valence-electron chi connectivity index (χ4n) is 2.20. The lowest BCUT2D eigenvalue weighted by Gasteiger charge is -2.05. The summed E-state index contributed by atoms with van der Waals surface area (Å²) in [6, 6.07) is 14.7. The number of hydrogen-bond donors (Lipinski definition) is 1. The van der Waals surface area contributed by atoms with Gasteiger partial charge in [0.15, 0.2) is 11.0 Å². The van der Waals surface area contributed by atoms with Crippen LogP contribution in [-0.2, 0) is 12.8 Å². The van der Waals surface area contributed by atoms with E-state index in [1.165, 1.54) is 0 Å². The minimum atomic E-state index is -0.421. The Hall–Kier alpha value is -2.31. The second kappa shape index (κ2) is 7.07. The largest absolute Gasteiger partial charge is 0.366 e. The van der Waals surface area contributed by atoms with Gasteiger partial charge in [0.25, 0.3) is 0 Å². The molecule has 0 unspecified atom stereocenters. The van der Waals surface area contributed by atoms with Crippen LogP contribution >= 0.6 is 23.4 Å². The number of rotatable bonds is 5. The Bertz CT molecular complexity index is 859. The summed E-state index contributed by atoms with van der Waals surface area (Å²) in [5.74, 6) is 1.10. The highest BCUT2D eigenvalue weighted by atomic mass is 35.5. The molecule has 0 saturated carbocycles. The molecule has 1 heterocycles. The Morgan fingerprint density at radius 1 is 1.12 bits per heavy atom. The predicted octanol–water partition coefficient (Wildman–Crippen LogP) is 3.53. The maximum atomic E-state index is 11.1. The van der Waals surface area contributed by atoms with Crippen LogP contribution in [0.2, 0.25) is 5.02 Å². The SMILES string of the molecule is Cn1c(SCc2ccc(C(N)=O)cc2)nnc1-c1ccc(Cl)cc1. The van der Waals surface area contributed by atoms with Gasteiger partial charge in [-0.05, 0) is 42.0 Å². The van der Waals surface area contributed by atoms with E-state index in [0.717, 1.165) is 27.9 Å². The number of thioether (sulfide) groups is 1. The Morgan fingerprint density at radius 2 is 1.79 bits per heavy atom.